The molecule has 0 bridgehead atoms. The molecule has 0 saturated carbocycles. The van der Waals surface area contributed by atoms with E-state index < -0.39 is 9.84 Å². The fraction of sp³-hybridized carbons (Fsp3) is 0.476. The lowest BCUT2D eigenvalue weighted by Gasteiger charge is -2.08. The van der Waals surface area contributed by atoms with Gasteiger partial charge in [0, 0.05) is 30.4 Å². The summed E-state index contributed by atoms with van der Waals surface area (Å²) in [7, 11) is -1.05. The molecule has 8 nitrogen and oxygen atoms in total. The largest absolute Gasteiger partial charge is 0.467 e. The number of sulfone groups is 1. The smallest absolute Gasteiger partial charge is 0.191 e. The number of hydrogen-bond acceptors (Lipinski definition) is 7. The molecule has 1 fully saturated rings. The number of carbonyl (C=O) groups excluding carboxylic acids is 1. The summed E-state index contributed by atoms with van der Waals surface area (Å²) >= 11 is 1.35. The molecule has 0 radical (unpaired) electrons. The molecule has 1 saturated heterocycles. The maximum Gasteiger partial charge on any atom is 0.191 e. The van der Waals surface area contributed by atoms with Gasteiger partial charge < -0.3 is 13.6 Å². The van der Waals surface area contributed by atoms with Gasteiger partial charge >= 0.3 is 0 Å². The molecule has 3 aromatic rings. The molecule has 1 unspecified atom stereocenters. The van der Waals surface area contributed by atoms with Gasteiger partial charge in [0.05, 0.1) is 30.1 Å². The molecule has 0 amide bonds. The molecule has 0 aliphatic carbocycles. The minimum Gasteiger partial charge on any atom is -0.467 e. The van der Waals surface area contributed by atoms with Gasteiger partial charge in [0.2, 0.25) is 0 Å². The van der Waals surface area contributed by atoms with E-state index in [0.717, 1.165) is 23.0 Å². The second-order valence-electron chi connectivity index (χ2n) is 8.09. The Hall–Kier alpha value is -2.33. The highest BCUT2D eigenvalue weighted by Crippen LogP contribution is 2.25. The minimum absolute atomic E-state index is 0.0373. The molecule has 166 valence electrons. The van der Waals surface area contributed by atoms with E-state index in [-0.39, 0.29) is 29.0 Å². The average molecular weight is 463 g/mol. The molecular weight excluding hydrogens is 436 g/mol. The quantitative estimate of drug-likeness (QED) is 0.375. The number of aryl methyl sites for hydroxylation is 1. The third kappa shape index (κ3) is 4.79. The van der Waals surface area contributed by atoms with Crippen molar-refractivity contribution in [2.24, 2.45) is 13.0 Å². The average Bonchev–Trinajstić information content (AvgIpc) is 3.48. The number of furan rings is 1. The van der Waals surface area contributed by atoms with Crippen LogP contribution in [-0.4, -0.2) is 50.8 Å². The van der Waals surface area contributed by atoms with E-state index >= 15 is 0 Å². The van der Waals surface area contributed by atoms with Crippen molar-refractivity contribution in [3.63, 3.8) is 0 Å². The lowest BCUT2D eigenvalue weighted by molar-refractivity contribution is 0.102. The second kappa shape index (κ2) is 8.66. The fourth-order valence-electron chi connectivity index (χ4n) is 4.03. The number of ketones is 1. The van der Waals surface area contributed by atoms with Crippen molar-refractivity contribution >= 4 is 27.4 Å². The zero-order valence-corrected chi connectivity index (χ0v) is 19.5. The number of thioether (sulfide) groups is 1. The van der Waals surface area contributed by atoms with Gasteiger partial charge in [0.25, 0.3) is 0 Å². The highest BCUT2D eigenvalue weighted by atomic mass is 32.2. The summed E-state index contributed by atoms with van der Waals surface area (Å²) < 4.78 is 32.7. The first-order chi connectivity index (χ1) is 14.7. The topological polar surface area (TPSA) is 100.0 Å². The molecule has 0 N–H and O–H groups in total. The van der Waals surface area contributed by atoms with Crippen molar-refractivity contribution in [2.75, 3.05) is 17.3 Å². The predicted octanol–water partition coefficient (Wildman–Crippen LogP) is 2.83. The van der Waals surface area contributed by atoms with E-state index in [1.54, 1.807) is 6.26 Å². The summed E-state index contributed by atoms with van der Waals surface area (Å²) in [5.41, 5.74) is 2.63. The lowest BCUT2D eigenvalue weighted by atomic mass is 10.1. The molecule has 3 aromatic heterocycles. The molecule has 10 heteroatoms. The molecule has 1 aliphatic heterocycles. The van der Waals surface area contributed by atoms with Crippen molar-refractivity contribution in [2.45, 2.75) is 38.4 Å². The predicted molar refractivity (Wildman–Crippen MR) is 118 cm³/mol. The molecule has 0 aromatic carbocycles. The minimum atomic E-state index is -2.91. The Morgan fingerprint density at radius 1 is 1.32 bits per heavy atom. The van der Waals surface area contributed by atoms with Gasteiger partial charge in [0.15, 0.2) is 20.8 Å². The molecular formula is C21H26N4O4S2. The summed E-state index contributed by atoms with van der Waals surface area (Å²) in [5, 5.41) is 9.10. The Bertz CT molecular complexity index is 1190. The highest BCUT2D eigenvalue weighted by Gasteiger charge is 2.29. The van der Waals surface area contributed by atoms with Crippen LogP contribution in [-0.2, 0) is 29.9 Å². The third-order valence-corrected chi connectivity index (χ3v) is 8.68. The van der Waals surface area contributed by atoms with Crippen LogP contribution < -0.4 is 0 Å². The van der Waals surface area contributed by atoms with Gasteiger partial charge in [-0.15, -0.1) is 10.2 Å². The van der Waals surface area contributed by atoms with Gasteiger partial charge in [0.1, 0.15) is 11.6 Å². The van der Waals surface area contributed by atoms with Crippen LogP contribution in [0.1, 0.15) is 39.8 Å². The number of nitrogens with zero attached hydrogens (tertiary/aromatic N) is 4. The van der Waals surface area contributed by atoms with Crippen LogP contribution in [0.15, 0.2) is 34.0 Å². The number of aromatic nitrogens is 4. The van der Waals surface area contributed by atoms with E-state index in [9.17, 15) is 13.2 Å². The highest BCUT2D eigenvalue weighted by molar-refractivity contribution is 7.99. The number of hydrogen-bond donors (Lipinski definition) is 0. The monoisotopic (exact) mass is 462 g/mol. The molecule has 1 aliphatic rings. The lowest BCUT2D eigenvalue weighted by Crippen LogP contribution is -2.11. The standard InChI is InChI=1S/C21H26N4O4S2/c1-14-9-18(15(2)25(14)11-17-5-4-7-29-17)19(26)12-30-21-23-22-20(24(21)3)10-16-6-8-31(27,28)13-16/h4-5,7,9,16H,6,8,10-13H2,1-3H3. The maximum atomic E-state index is 12.9. The summed E-state index contributed by atoms with van der Waals surface area (Å²) in [6.07, 6.45) is 2.90. The van der Waals surface area contributed by atoms with Gasteiger partial charge in [-0.05, 0) is 44.4 Å². The zero-order valence-electron chi connectivity index (χ0n) is 17.9. The van der Waals surface area contributed by atoms with Crippen LogP contribution in [0.3, 0.4) is 0 Å². The summed E-state index contributed by atoms with van der Waals surface area (Å²) in [6, 6.07) is 5.69. The van der Waals surface area contributed by atoms with Gasteiger partial charge in [-0.3, -0.25) is 4.79 Å². The van der Waals surface area contributed by atoms with Crippen molar-refractivity contribution in [1.82, 2.24) is 19.3 Å². The second-order valence-corrected chi connectivity index (χ2v) is 11.3. The maximum absolute atomic E-state index is 12.9. The number of Topliss-reactive ketones (excluding diaryl/α,β-unsaturated/α-hetero) is 1. The van der Waals surface area contributed by atoms with E-state index in [4.69, 9.17) is 4.42 Å². The Balaban J connectivity index is 1.40. The first-order valence-electron chi connectivity index (χ1n) is 10.2. The van der Waals surface area contributed by atoms with Crippen molar-refractivity contribution in [3.8, 4) is 0 Å². The Kier molecular flexibility index (Phi) is 6.11. The Morgan fingerprint density at radius 2 is 2.13 bits per heavy atom. The summed E-state index contributed by atoms with van der Waals surface area (Å²) in [6.45, 7) is 4.52. The van der Waals surface area contributed by atoms with Crippen LogP contribution in [0.5, 0.6) is 0 Å². The molecule has 4 heterocycles. The third-order valence-electron chi connectivity index (χ3n) is 5.82. The summed E-state index contributed by atoms with van der Waals surface area (Å²) in [5.74, 6) is 2.46. The fourth-order valence-corrected chi connectivity index (χ4v) is 6.71. The molecule has 31 heavy (non-hydrogen) atoms. The van der Waals surface area contributed by atoms with E-state index in [1.807, 2.05) is 43.7 Å². The van der Waals surface area contributed by atoms with Crippen LogP contribution in [0, 0.1) is 19.8 Å². The normalized spacial score (nSPS) is 18.0. The van der Waals surface area contributed by atoms with Crippen LogP contribution >= 0.6 is 11.8 Å². The molecule has 1 atom stereocenters. The number of carbonyl (C=O) groups is 1. The first kappa shape index (κ1) is 21.9. The van der Waals surface area contributed by atoms with Crippen LogP contribution in [0.4, 0.5) is 0 Å². The van der Waals surface area contributed by atoms with Crippen LogP contribution in [0.25, 0.3) is 0 Å². The van der Waals surface area contributed by atoms with Crippen molar-refractivity contribution in [1.29, 1.82) is 0 Å². The van der Waals surface area contributed by atoms with Crippen LogP contribution in [0.2, 0.25) is 0 Å². The van der Waals surface area contributed by atoms with E-state index in [1.165, 1.54) is 11.8 Å². The van der Waals surface area contributed by atoms with E-state index in [2.05, 4.69) is 14.8 Å². The van der Waals surface area contributed by atoms with Crippen molar-refractivity contribution in [3.05, 3.63) is 53.0 Å². The zero-order chi connectivity index (χ0) is 22.2. The number of rotatable bonds is 8. The van der Waals surface area contributed by atoms with Gasteiger partial charge in [-0.2, -0.15) is 0 Å². The first-order valence-corrected chi connectivity index (χ1v) is 13.0. The summed E-state index contributed by atoms with van der Waals surface area (Å²) in [4.78, 5) is 12.9. The van der Waals surface area contributed by atoms with Gasteiger partial charge in [-0.25, -0.2) is 8.42 Å². The Morgan fingerprint density at radius 3 is 2.81 bits per heavy atom. The molecule has 0 spiro atoms. The van der Waals surface area contributed by atoms with Crippen molar-refractivity contribution < 1.29 is 17.6 Å². The van der Waals surface area contributed by atoms with E-state index in [0.29, 0.717) is 30.1 Å². The van der Waals surface area contributed by atoms with Gasteiger partial charge in [-0.1, -0.05) is 11.8 Å². The SMILES string of the molecule is Cc1cc(C(=O)CSc2nnc(CC3CCS(=O)(=O)C3)n2C)c(C)n1Cc1ccco1. The Labute approximate surface area is 186 Å². The molecule has 4 rings (SSSR count).